The van der Waals surface area contributed by atoms with E-state index in [0.29, 0.717) is 5.58 Å². The summed E-state index contributed by atoms with van der Waals surface area (Å²) in [6.07, 6.45) is 0. The Morgan fingerprint density at radius 3 is 3.13 bits per heavy atom. The van der Waals surface area contributed by atoms with Crippen molar-refractivity contribution in [1.82, 2.24) is 10.3 Å². The lowest BCUT2D eigenvalue weighted by molar-refractivity contribution is 0.554. The van der Waals surface area contributed by atoms with Gasteiger partial charge in [-0.1, -0.05) is 6.07 Å². The van der Waals surface area contributed by atoms with Crippen LogP contribution in [0.5, 0.6) is 0 Å². The molecule has 2 aromatic rings. The number of aromatic amines is 1. The highest BCUT2D eigenvalue weighted by Gasteiger charge is 2.01. The molecule has 0 radical (unpaired) electrons. The first-order chi connectivity index (χ1) is 7.29. The van der Waals surface area contributed by atoms with Crippen LogP contribution >= 0.6 is 12.6 Å². The van der Waals surface area contributed by atoms with Crippen LogP contribution in [0.25, 0.3) is 11.1 Å². The normalized spacial score (nSPS) is 11.0. The van der Waals surface area contributed by atoms with Crippen LogP contribution in [0.3, 0.4) is 0 Å². The van der Waals surface area contributed by atoms with Crippen LogP contribution in [0.15, 0.2) is 27.4 Å². The first-order valence-electron chi connectivity index (χ1n) is 4.73. The summed E-state index contributed by atoms with van der Waals surface area (Å²) in [4.78, 5) is 13.5. The zero-order chi connectivity index (χ0) is 10.7. The number of benzene rings is 1. The van der Waals surface area contributed by atoms with E-state index in [1.165, 1.54) is 0 Å². The quantitative estimate of drug-likeness (QED) is 0.539. The van der Waals surface area contributed by atoms with E-state index in [4.69, 9.17) is 4.42 Å². The predicted octanol–water partition coefficient (Wildman–Crippen LogP) is 1.14. The van der Waals surface area contributed by atoms with E-state index in [-0.39, 0.29) is 0 Å². The average molecular weight is 224 g/mol. The van der Waals surface area contributed by atoms with E-state index in [0.717, 1.165) is 29.9 Å². The molecule has 1 aromatic carbocycles. The zero-order valence-corrected chi connectivity index (χ0v) is 9.01. The highest BCUT2D eigenvalue weighted by Crippen LogP contribution is 2.11. The van der Waals surface area contributed by atoms with Crippen LogP contribution in [0, 0.1) is 0 Å². The van der Waals surface area contributed by atoms with Crippen molar-refractivity contribution in [2.24, 2.45) is 0 Å². The van der Waals surface area contributed by atoms with E-state index in [1.54, 1.807) is 0 Å². The summed E-state index contributed by atoms with van der Waals surface area (Å²) in [6.45, 7) is 1.61. The van der Waals surface area contributed by atoms with Crippen LogP contribution in [0.4, 0.5) is 0 Å². The minimum atomic E-state index is -0.412. The van der Waals surface area contributed by atoms with Crippen LogP contribution in [0.1, 0.15) is 5.56 Å². The monoisotopic (exact) mass is 224 g/mol. The lowest BCUT2D eigenvalue weighted by atomic mass is 10.2. The molecule has 0 aliphatic carbocycles. The average Bonchev–Trinajstić information content (AvgIpc) is 2.57. The fourth-order valence-corrected chi connectivity index (χ4v) is 1.57. The fourth-order valence-electron chi connectivity index (χ4n) is 1.41. The van der Waals surface area contributed by atoms with Gasteiger partial charge in [-0.2, -0.15) is 12.6 Å². The molecule has 4 nitrogen and oxygen atoms in total. The third-order valence-electron chi connectivity index (χ3n) is 2.10. The van der Waals surface area contributed by atoms with Gasteiger partial charge >= 0.3 is 5.76 Å². The van der Waals surface area contributed by atoms with Crippen molar-refractivity contribution in [3.8, 4) is 0 Å². The molecule has 1 aromatic heterocycles. The molecule has 0 aliphatic heterocycles. The van der Waals surface area contributed by atoms with E-state index >= 15 is 0 Å². The SMILES string of the molecule is O=c1[nH]c2ccc(CNCCS)cc2o1. The number of hydrogen-bond donors (Lipinski definition) is 3. The van der Waals surface area contributed by atoms with Gasteiger partial charge in [-0.3, -0.25) is 4.98 Å². The largest absolute Gasteiger partial charge is 0.417 e. The third-order valence-corrected chi connectivity index (χ3v) is 2.33. The predicted molar refractivity (Wildman–Crippen MR) is 62.4 cm³/mol. The molecule has 0 fully saturated rings. The Hall–Kier alpha value is -1.20. The highest BCUT2D eigenvalue weighted by atomic mass is 32.1. The van der Waals surface area contributed by atoms with E-state index in [1.807, 2.05) is 18.2 Å². The summed E-state index contributed by atoms with van der Waals surface area (Å²) in [5.41, 5.74) is 2.43. The second kappa shape index (κ2) is 4.55. The van der Waals surface area contributed by atoms with Gasteiger partial charge in [-0.25, -0.2) is 4.79 Å². The van der Waals surface area contributed by atoms with Gasteiger partial charge in [0.05, 0.1) is 5.52 Å². The maximum Gasteiger partial charge on any atom is 0.417 e. The molecule has 0 bridgehead atoms. The maximum atomic E-state index is 10.9. The van der Waals surface area contributed by atoms with Crippen molar-refractivity contribution >= 4 is 23.7 Å². The van der Waals surface area contributed by atoms with Crippen LogP contribution in [-0.2, 0) is 6.54 Å². The maximum absolute atomic E-state index is 10.9. The summed E-state index contributed by atoms with van der Waals surface area (Å²) in [5, 5.41) is 3.22. The van der Waals surface area contributed by atoms with Gasteiger partial charge in [0, 0.05) is 18.8 Å². The van der Waals surface area contributed by atoms with Crippen molar-refractivity contribution in [2.75, 3.05) is 12.3 Å². The van der Waals surface area contributed by atoms with Crippen LogP contribution in [-0.4, -0.2) is 17.3 Å². The molecule has 0 amide bonds. The van der Waals surface area contributed by atoms with Gasteiger partial charge in [-0.05, 0) is 17.7 Å². The first-order valence-corrected chi connectivity index (χ1v) is 5.36. The molecule has 80 valence electrons. The number of rotatable bonds is 4. The summed E-state index contributed by atoms with van der Waals surface area (Å²) >= 11 is 4.10. The Balaban J connectivity index is 2.19. The Kier molecular flexibility index (Phi) is 3.13. The van der Waals surface area contributed by atoms with Crippen LogP contribution in [0.2, 0.25) is 0 Å². The molecule has 5 heteroatoms. The number of hydrogen-bond acceptors (Lipinski definition) is 4. The number of aromatic nitrogens is 1. The topological polar surface area (TPSA) is 58.0 Å². The minimum Gasteiger partial charge on any atom is -0.408 e. The number of thiol groups is 1. The van der Waals surface area contributed by atoms with E-state index < -0.39 is 5.76 Å². The molecular weight excluding hydrogens is 212 g/mol. The van der Waals surface area contributed by atoms with Crippen LogP contribution < -0.4 is 11.1 Å². The lowest BCUT2D eigenvalue weighted by Gasteiger charge is -2.01. The van der Waals surface area contributed by atoms with Crippen molar-refractivity contribution in [3.63, 3.8) is 0 Å². The molecule has 15 heavy (non-hydrogen) atoms. The smallest absolute Gasteiger partial charge is 0.408 e. The number of nitrogens with one attached hydrogen (secondary N) is 2. The fraction of sp³-hybridized carbons (Fsp3) is 0.300. The third kappa shape index (κ3) is 2.43. The minimum absolute atomic E-state index is 0.412. The van der Waals surface area contributed by atoms with Crippen molar-refractivity contribution < 1.29 is 4.42 Å². The van der Waals surface area contributed by atoms with Gasteiger partial charge in [-0.15, -0.1) is 0 Å². The van der Waals surface area contributed by atoms with Gasteiger partial charge in [0.2, 0.25) is 0 Å². The first kappa shape index (κ1) is 10.3. The Bertz CT molecular complexity index is 503. The molecule has 0 unspecified atom stereocenters. The molecular formula is C10H12N2O2S. The number of H-pyrrole nitrogens is 1. The lowest BCUT2D eigenvalue weighted by Crippen LogP contribution is -2.15. The number of fused-ring (bicyclic) bond motifs is 1. The Labute approximate surface area is 92.1 Å². The molecule has 0 saturated heterocycles. The van der Waals surface area contributed by atoms with Gasteiger partial charge in [0.25, 0.3) is 0 Å². The molecule has 2 rings (SSSR count). The summed E-state index contributed by atoms with van der Waals surface area (Å²) in [5.74, 6) is 0.395. The summed E-state index contributed by atoms with van der Waals surface area (Å²) < 4.78 is 4.96. The van der Waals surface area contributed by atoms with Crippen molar-refractivity contribution in [1.29, 1.82) is 0 Å². The molecule has 0 spiro atoms. The summed E-state index contributed by atoms with van der Waals surface area (Å²) in [6, 6.07) is 5.66. The second-order valence-corrected chi connectivity index (χ2v) is 3.69. The summed E-state index contributed by atoms with van der Waals surface area (Å²) in [7, 11) is 0. The van der Waals surface area contributed by atoms with E-state index in [9.17, 15) is 4.79 Å². The van der Waals surface area contributed by atoms with E-state index in [2.05, 4.69) is 22.9 Å². The molecule has 0 aliphatic rings. The Morgan fingerprint density at radius 2 is 2.33 bits per heavy atom. The standard InChI is InChI=1S/C10H12N2O2S/c13-10-12-8-2-1-7(5-9(8)14-10)6-11-3-4-15/h1-2,5,11,15H,3-4,6H2,(H,12,13). The van der Waals surface area contributed by atoms with Gasteiger partial charge < -0.3 is 9.73 Å². The zero-order valence-electron chi connectivity index (χ0n) is 8.12. The highest BCUT2D eigenvalue weighted by molar-refractivity contribution is 7.80. The second-order valence-electron chi connectivity index (χ2n) is 3.25. The van der Waals surface area contributed by atoms with Crippen molar-refractivity contribution in [2.45, 2.75) is 6.54 Å². The molecule has 1 heterocycles. The molecule has 0 atom stereocenters. The number of oxazole rings is 1. The van der Waals surface area contributed by atoms with Gasteiger partial charge in [0.15, 0.2) is 5.58 Å². The van der Waals surface area contributed by atoms with Crippen molar-refractivity contribution in [3.05, 3.63) is 34.3 Å². The van der Waals surface area contributed by atoms with Gasteiger partial charge in [0.1, 0.15) is 0 Å². The molecule has 0 saturated carbocycles. The Morgan fingerprint density at radius 1 is 1.47 bits per heavy atom. The molecule has 2 N–H and O–H groups in total.